The van der Waals surface area contributed by atoms with Gasteiger partial charge >= 0.3 is 0 Å². The maximum absolute atomic E-state index is 13.1. The predicted octanol–water partition coefficient (Wildman–Crippen LogP) is 5.22. The number of carbonyl (C=O) groups is 1. The summed E-state index contributed by atoms with van der Waals surface area (Å²) in [5, 5.41) is 15.7. The van der Waals surface area contributed by atoms with Crippen molar-refractivity contribution in [3.63, 3.8) is 0 Å². The second-order valence-corrected chi connectivity index (χ2v) is 9.03. The summed E-state index contributed by atoms with van der Waals surface area (Å²) in [6.45, 7) is 3.63. The van der Waals surface area contributed by atoms with Gasteiger partial charge in [-0.3, -0.25) is 4.79 Å². The number of ether oxygens (including phenoxy) is 1. The summed E-state index contributed by atoms with van der Waals surface area (Å²) in [7, 11) is 1.57. The summed E-state index contributed by atoms with van der Waals surface area (Å²) in [6.07, 6.45) is 4.71. The number of aromatic amines is 1. The van der Waals surface area contributed by atoms with Gasteiger partial charge in [0.25, 0.3) is 5.91 Å². The van der Waals surface area contributed by atoms with Crippen molar-refractivity contribution < 1.29 is 9.53 Å². The lowest BCUT2D eigenvalue weighted by atomic mass is 9.85. The number of anilines is 3. The topological polar surface area (TPSA) is 142 Å². The molecule has 0 aliphatic rings. The van der Waals surface area contributed by atoms with Crippen LogP contribution in [0, 0.1) is 11.3 Å². The van der Waals surface area contributed by atoms with Crippen LogP contribution in [0.4, 0.5) is 17.2 Å². The highest BCUT2D eigenvalue weighted by molar-refractivity contribution is 6.05. The van der Waals surface area contributed by atoms with Crippen molar-refractivity contribution in [2.45, 2.75) is 19.3 Å². The van der Waals surface area contributed by atoms with E-state index in [0.717, 1.165) is 11.1 Å². The number of benzene rings is 2. The van der Waals surface area contributed by atoms with E-state index in [4.69, 9.17) is 4.74 Å². The van der Waals surface area contributed by atoms with Gasteiger partial charge in [0.05, 0.1) is 30.6 Å². The molecule has 0 saturated heterocycles. The van der Waals surface area contributed by atoms with Gasteiger partial charge in [0, 0.05) is 23.0 Å². The zero-order valence-corrected chi connectivity index (χ0v) is 21.0. The van der Waals surface area contributed by atoms with Crippen LogP contribution in [-0.2, 0) is 5.41 Å². The van der Waals surface area contributed by atoms with Crippen LogP contribution >= 0.6 is 0 Å². The van der Waals surface area contributed by atoms with Crippen molar-refractivity contribution in [1.82, 2.24) is 24.9 Å². The molecule has 3 N–H and O–H groups in total. The van der Waals surface area contributed by atoms with E-state index < -0.39 is 5.41 Å². The number of rotatable bonds is 7. The van der Waals surface area contributed by atoms with Gasteiger partial charge in [-0.15, -0.1) is 0 Å². The molecule has 0 fully saturated rings. The number of methoxy groups -OCH3 is 1. The third kappa shape index (κ3) is 4.73. The highest BCUT2D eigenvalue weighted by atomic mass is 16.5. The molecule has 5 rings (SSSR count). The van der Waals surface area contributed by atoms with E-state index >= 15 is 0 Å². The first kappa shape index (κ1) is 24.4. The Morgan fingerprint density at radius 2 is 1.92 bits per heavy atom. The van der Waals surface area contributed by atoms with E-state index in [2.05, 4.69) is 41.6 Å². The molecule has 3 aromatic heterocycles. The first-order valence-corrected chi connectivity index (χ1v) is 11.8. The number of carbonyl (C=O) groups excluding carboxylic acids is 1. The first-order chi connectivity index (χ1) is 18.4. The third-order valence-electron chi connectivity index (χ3n) is 6.12. The number of aromatic nitrogens is 5. The van der Waals surface area contributed by atoms with E-state index in [-0.39, 0.29) is 5.91 Å². The van der Waals surface area contributed by atoms with Crippen molar-refractivity contribution in [2.24, 2.45) is 0 Å². The van der Waals surface area contributed by atoms with Crippen LogP contribution in [0.1, 0.15) is 29.8 Å². The average Bonchev–Trinajstić information content (AvgIpc) is 3.43. The number of H-pyrrole nitrogens is 1. The van der Waals surface area contributed by atoms with Crippen LogP contribution in [0.3, 0.4) is 0 Å². The Morgan fingerprint density at radius 1 is 1.05 bits per heavy atom. The summed E-state index contributed by atoms with van der Waals surface area (Å²) in [6, 6.07) is 18.3. The molecule has 0 spiro atoms. The van der Waals surface area contributed by atoms with Crippen molar-refractivity contribution in [3.8, 4) is 23.1 Å². The number of nitriles is 1. The SMILES string of the molecule is COc1ccc(NC(=O)c2cccc(C(C)(C)C#N)c2)cc1Nc1ncccc1-c1ncnc2[nH]cnc12. The van der Waals surface area contributed by atoms with Crippen LogP contribution in [0.25, 0.3) is 22.4 Å². The Hall–Kier alpha value is -5.30. The lowest BCUT2D eigenvalue weighted by molar-refractivity contribution is 0.102. The molecule has 0 aliphatic carbocycles. The molecule has 38 heavy (non-hydrogen) atoms. The standard InChI is InChI=1S/C28H24N8O2/c1-28(2,14-29)18-7-4-6-17(12-18)27(37)35-19-9-10-22(38-3)21(13-19)36-25-20(8-5-11-30-25)23-24-26(33-15-31-23)34-16-32-24/h4-13,15-16H,1-3H3,(H,30,36)(H,35,37)(H,31,32,33,34). The molecule has 5 aromatic rings. The fourth-order valence-electron chi connectivity index (χ4n) is 3.99. The summed E-state index contributed by atoms with van der Waals surface area (Å²) >= 11 is 0. The highest BCUT2D eigenvalue weighted by Crippen LogP contribution is 2.35. The van der Waals surface area contributed by atoms with Gasteiger partial charge in [-0.1, -0.05) is 12.1 Å². The zero-order valence-electron chi connectivity index (χ0n) is 21.0. The van der Waals surface area contributed by atoms with Gasteiger partial charge < -0.3 is 20.4 Å². The van der Waals surface area contributed by atoms with Crippen LogP contribution in [0.5, 0.6) is 5.75 Å². The molecule has 0 bridgehead atoms. The Bertz CT molecular complexity index is 1690. The molecule has 0 aliphatic heterocycles. The maximum atomic E-state index is 13.1. The molecule has 2 aromatic carbocycles. The quantitative estimate of drug-likeness (QED) is 0.274. The van der Waals surface area contributed by atoms with Crippen molar-refractivity contribution in [2.75, 3.05) is 17.7 Å². The second kappa shape index (κ2) is 9.99. The summed E-state index contributed by atoms with van der Waals surface area (Å²) < 4.78 is 5.55. The molecule has 0 saturated carbocycles. The summed E-state index contributed by atoms with van der Waals surface area (Å²) in [5.41, 5.74) is 4.25. The average molecular weight is 505 g/mol. The largest absolute Gasteiger partial charge is 0.495 e. The molecule has 3 heterocycles. The lowest BCUT2D eigenvalue weighted by Crippen LogP contribution is -2.17. The van der Waals surface area contributed by atoms with Gasteiger partial charge in [-0.25, -0.2) is 19.9 Å². The number of nitrogens with one attached hydrogen (secondary N) is 3. The minimum absolute atomic E-state index is 0.294. The Labute approximate surface area is 218 Å². The Morgan fingerprint density at radius 3 is 2.74 bits per heavy atom. The van der Waals surface area contributed by atoms with E-state index in [1.165, 1.54) is 6.33 Å². The van der Waals surface area contributed by atoms with Crippen molar-refractivity contribution in [3.05, 3.63) is 84.6 Å². The molecule has 0 atom stereocenters. The first-order valence-electron chi connectivity index (χ1n) is 11.8. The van der Waals surface area contributed by atoms with Gasteiger partial charge in [0.2, 0.25) is 0 Å². The van der Waals surface area contributed by atoms with Gasteiger partial charge in [0.1, 0.15) is 29.1 Å². The molecule has 0 radical (unpaired) electrons. The molecule has 1 amide bonds. The number of hydrogen-bond donors (Lipinski definition) is 3. The lowest BCUT2D eigenvalue weighted by Gasteiger charge is -2.17. The van der Waals surface area contributed by atoms with Gasteiger partial charge in [0.15, 0.2) is 5.65 Å². The van der Waals surface area contributed by atoms with Crippen molar-refractivity contribution >= 4 is 34.3 Å². The zero-order chi connectivity index (χ0) is 26.7. The smallest absolute Gasteiger partial charge is 0.255 e. The van der Waals surface area contributed by atoms with E-state index in [1.54, 1.807) is 56.0 Å². The van der Waals surface area contributed by atoms with Gasteiger partial charge in [-0.2, -0.15) is 5.26 Å². The van der Waals surface area contributed by atoms with Crippen molar-refractivity contribution in [1.29, 1.82) is 5.26 Å². The van der Waals surface area contributed by atoms with Crippen LogP contribution in [0.2, 0.25) is 0 Å². The molecule has 10 nitrogen and oxygen atoms in total. The summed E-state index contributed by atoms with van der Waals surface area (Å²) in [5.74, 6) is 0.797. The number of amides is 1. The van der Waals surface area contributed by atoms with E-state index in [0.29, 0.717) is 45.4 Å². The Kier molecular flexibility index (Phi) is 6.41. The number of nitrogens with zero attached hydrogens (tertiary/aromatic N) is 5. The second-order valence-electron chi connectivity index (χ2n) is 9.03. The van der Waals surface area contributed by atoms with Gasteiger partial charge in [-0.05, 0) is 61.9 Å². The van der Waals surface area contributed by atoms with Crippen LogP contribution < -0.4 is 15.4 Å². The fraction of sp³-hybridized carbons (Fsp3) is 0.143. The number of pyridine rings is 1. The van der Waals surface area contributed by atoms with Crippen LogP contribution in [0.15, 0.2) is 73.4 Å². The van der Waals surface area contributed by atoms with E-state index in [9.17, 15) is 10.1 Å². The molecule has 10 heteroatoms. The number of hydrogen-bond acceptors (Lipinski definition) is 8. The normalized spacial score (nSPS) is 11.1. The fourth-order valence-corrected chi connectivity index (χ4v) is 3.99. The summed E-state index contributed by atoms with van der Waals surface area (Å²) in [4.78, 5) is 33.6. The monoisotopic (exact) mass is 504 g/mol. The Balaban J connectivity index is 1.45. The molecule has 0 unspecified atom stereocenters. The predicted molar refractivity (Wildman–Crippen MR) is 144 cm³/mol. The maximum Gasteiger partial charge on any atom is 0.255 e. The highest BCUT2D eigenvalue weighted by Gasteiger charge is 2.21. The molecule has 188 valence electrons. The number of imidazole rings is 1. The minimum Gasteiger partial charge on any atom is -0.495 e. The minimum atomic E-state index is -0.709. The third-order valence-corrected chi connectivity index (χ3v) is 6.12. The van der Waals surface area contributed by atoms with E-state index in [1.807, 2.05) is 32.0 Å². The molecular formula is C28H24N8O2. The van der Waals surface area contributed by atoms with Crippen LogP contribution in [-0.4, -0.2) is 37.9 Å². The number of fused-ring (bicyclic) bond motifs is 1. The molecular weight excluding hydrogens is 480 g/mol.